The number of hydrogen-bond donors (Lipinski definition) is 3. The molecule has 0 bridgehead atoms. The van der Waals surface area contributed by atoms with E-state index in [1.807, 2.05) is 11.8 Å². The monoisotopic (exact) mass is 773 g/mol. The van der Waals surface area contributed by atoms with Crippen LogP contribution in [0.5, 0.6) is 0 Å². The van der Waals surface area contributed by atoms with Crippen molar-refractivity contribution >= 4 is 37.6 Å². The Hall–Kier alpha value is -4.05. The van der Waals surface area contributed by atoms with E-state index < -0.39 is 36.5 Å². The number of likely N-dealkylation sites (tertiary alicyclic amines) is 1. The van der Waals surface area contributed by atoms with Crippen LogP contribution in [-0.2, 0) is 44.0 Å². The first-order valence-electron chi connectivity index (χ1n) is 17.9. The molecule has 1 saturated heterocycles. The molecule has 53 heavy (non-hydrogen) atoms. The molecule has 0 spiro atoms. The second-order valence-electron chi connectivity index (χ2n) is 13.7. The first kappa shape index (κ1) is 41.7. The molecule has 1 atom stereocenters. The molecule has 1 aliphatic heterocycles. The number of nitrogens with one attached hydrogen (secondary N) is 1. The number of nitrogens with zero attached hydrogens (tertiary/aromatic N) is 2. The number of carbonyl (C=O) groups excluding carboxylic acids is 2. The quantitative estimate of drug-likeness (QED) is 0.169. The maximum atomic E-state index is 15.9. The van der Waals surface area contributed by atoms with Crippen LogP contribution in [0.2, 0.25) is 0 Å². The van der Waals surface area contributed by atoms with Gasteiger partial charge in [0, 0.05) is 51.6 Å². The summed E-state index contributed by atoms with van der Waals surface area (Å²) in [7, 11) is -7.05. The molecule has 3 aromatic rings. The summed E-state index contributed by atoms with van der Waals surface area (Å²) in [6.45, 7) is 7.17. The van der Waals surface area contributed by atoms with Gasteiger partial charge in [0.2, 0.25) is 5.91 Å². The van der Waals surface area contributed by atoms with Gasteiger partial charge < -0.3 is 31.0 Å². The lowest BCUT2D eigenvalue weighted by atomic mass is 9.98. The Labute approximate surface area is 312 Å². The Balaban J connectivity index is 1.28. The van der Waals surface area contributed by atoms with Crippen LogP contribution >= 0.6 is 0 Å². The van der Waals surface area contributed by atoms with Crippen molar-refractivity contribution in [3.8, 4) is 0 Å². The van der Waals surface area contributed by atoms with Crippen molar-refractivity contribution in [3.63, 3.8) is 0 Å². The molecule has 0 saturated carbocycles. The van der Waals surface area contributed by atoms with Crippen LogP contribution in [-0.4, -0.2) is 87.8 Å². The number of benzene rings is 2. The molecule has 1 fully saturated rings. The number of halogens is 1. The van der Waals surface area contributed by atoms with Crippen LogP contribution in [0.25, 0.3) is 6.08 Å². The number of nitrogens with two attached hydrogens (primary N) is 2. The summed E-state index contributed by atoms with van der Waals surface area (Å²) < 4.78 is 73.7. The highest BCUT2D eigenvalue weighted by Crippen LogP contribution is 2.29. The molecule has 4 rings (SSSR count). The number of aryl methyl sites for hydroxylation is 1. The summed E-state index contributed by atoms with van der Waals surface area (Å²) >= 11 is 0. The molecule has 12 nitrogen and oxygen atoms in total. The summed E-state index contributed by atoms with van der Waals surface area (Å²) in [5.74, 6) is -0.250. The number of hydrogen-bond acceptors (Lipinski definition) is 10. The normalized spacial score (nSPS) is 15.7. The Morgan fingerprint density at radius 2 is 1.66 bits per heavy atom. The summed E-state index contributed by atoms with van der Waals surface area (Å²) in [6, 6.07) is 14.4. The smallest absolute Gasteiger partial charge is 0.287 e. The third-order valence-electron chi connectivity index (χ3n) is 9.63. The Morgan fingerprint density at radius 3 is 2.25 bits per heavy atom. The van der Waals surface area contributed by atoms with Crippen LogP contribution in [0, 0.1) is 0 Å². The lowest BCUT2D eigenvalue weighted by Gasteiger charge is -2.35. The average molecular weight is 774 g/mol. The Morgan fingerprint density at radius 1 is 1.04 bits per heavy atom. The maximum Gasteiger partial charge on any atom is 0.287 e. The molecule has 0 radical (unpaired) electrons. The number of rotatable bonds is 18. The van der Waals surface area contributed by atoms with Crippen LogP contribution < -0.4 is 16.8 Å². The predicted octanol–water partition coefficient (Wildman–Crippen LogP) is 4.23. The van der Waals surface area contributed by atoms with E-state index in [4.69, 9.17) is 15.9 Å². The van der Waals surface area contributed by atoms with Gasteiger partial charge in [0.1, 0.15) is 11.4 Å². The van der Waals surface area contributed by atoms with Gasteiger partial charge in [-0.05, 0) is 106 Å². The second-order valence-corrected chi connectivity index (χ2v) is 18.1. The van der Waals surface area contributed by atoms with Crippen molar-refractivity contribution in [3.05, 3.63) is 89.0 Å². The fourth-order valence-electron chi connectivity index (χ4n) is 6.49. The molecule has 1 unspecified atom stereocenters. The lowest BCUT2D eigenvalue weighted by Crippen LogP contribution is -2.45. The van der Waals surface area contributed by atoms with Crippen LogP contribution in [0.1, 0.15) is 79.5 Å². The maximum absolute atomic E-state index is 15.9. The van der Waals surface area contributed by atoms with Crippen molar-refractivity contribution < 1.29 is 35.2 Å². The zero-order valence-electron chi connectivity index (χ0n) is 30.7. The third-order valence-corrected chi connectivity index (χ3v) is 13.7. The highest BCUT2D eigenvalue weighted by Gasteiger charge is 2.34. The highest BCUT2D eigenvalue weighted by atomic mass is 32.2. The van der Waals surface area contributed by atoms with E-state index in [2.05, 4.69) is 5.32 Å². The van der Waals surface area contributed by atoms with Crippen LogP contribution in [0.3, 0.4) is 0 Å². The van der Waals surface area contributed by atoms with Gasteiger partial charge in [-0.2, -0.15) is 0 Å². The number of piperidine rings is 1. The molecule has 5 N–H and O–H groups in total. The first-order chi connectivity index (χ1) is 25.1. The molecule has 2 aromatic carbocycles. The topological polar surface area (TPSA) is 186 Å². The number of alkyl halides is 1. The van der Waals surface area contributed by atoms with Gasteiger partial charge in [-0.15, -0.1) is 0 Å². The number of sulfone groups is 2. The van der Waals surface area contributed by atoms with Crippen molar-refractivity contribution in [2.75, 3.05) is 38.5 Å². The van der Waals surface area contributed by atoms with E-state index in [0.717, 1.165) is 5.56 Å². The molecule has 2 heterocycles. The van der Waals surface area contributed by atoms with Gasteiger partial charge in [0.05, 0.1) is 20.8 Å². The summed E-state index contributed by atoms with van der Waals surface area (Å²) in [5.41, 5.74) is 11.7. The van der Waals surface area contributed by atoms with Crippen molar-refractivity contribution in [2.24, 2.45) is 11.5 Å². The molecular formula is C38H52FN5O7S2. The molecule has 1 aromatic heterocycles. The van der Waals surface area contributed by atoms with E-state index >= 15 is 4.39 Å². The molecule has 0 aliphatic carbocycles. The van der Waals surface area contributed by atoms with Gasteiger partial charge in [0.25, 0.3) is 5.91 Å². The summed E-state index contributed by atoms with van der Waals surface area (Å²) in [4.78, 5) is 28.6. The van der Waals surface area contributed by atoms with Gasteiger partial charge in [-0.25, -0.2) is 21.2 Å². The largest absolute Gasteiger partial charge is 0.455 e. The third kappa shape index (κ3) is 11.5. The first-order valence-corrected chi connectivity index (χ1v) is 21.1. The lowest BCUT2D eigenvalue weighted by molar-refractivity contribution is -0.128. The van der Waals surface area contributed by atoms with Crippen molar-refractivity contribution in [1.29, 1.82) is 0 Å². The van der Waals surface area contributed by atoms with Crippen molar-refractivity contribution in [2.45, 2.75) is 86.7 Å². The van der Waals surface area contributed by atoms with Crippen molar-refractivity contribution in [1.82, 2.24) is 15.1 Å². The standard InChI is InChI=1S/C38H52FN5O7S2/c1-4-44(28(2)45)20-5-23-52(47,48)32-10-8-30(9-11-32)26-42-37(46)36-24-31(15-19-40)35(51-36)14-18-38(3,39)27-43-21-16-34(17-22-43)53(49,50)33-12-6-29(25-41)7-13-33/h6-13,15,19,24,34H,4-5,14,16-18,20-23,25-27,40-41H2,1-3H3,(H,42,46)/b19-15-. The number of amides is 2. The van der Waals surface area contributed by atoms with E-state index in [-0.39, 0.29) is 53.1 Å². The van der Waals surface area contributed by atoms with E-state index in [1.54, 1.807) is 53.4 Å². The van der Waals surface area contributed by atoms with E-state index in [0.29, 0.717) is 68.9 Å². The molecule has 1 aliphatic rings. The van der Waals surface area contributed by atoms with E-state index in [1.165, 1.54) is 32.2 Å². The average Bonchev–Trinajstić information content (AvgIpc) is 3.54. The zero-order chi connectivity index (χ0) is 38.8. The molecule has 15 heteroatoms. The zero-order valence-corrected chi connectivity index (χ0v) is 32.4. The predicted molar refractivity (Wildman–Crippen MR) is 203 cm³/mol. The Kier molecular flexibility index (Phi) is 14.4. The minimum absolute atomic E-state index is 0.0282. The fourth-order valence-corrected chi connectivity index (χ4v) is 9.51. The van der Waals surface area contributed by atoms with E-state index in [9.17, 15) is 26.4 Å². The molecule has 2 amide bonds. The highest BCUT2D eigenvalue weighted by molar-refractivity contribution is 7.92. The van der Waals surface area contributed by atoms with Crippen LogP contribution in [0.15, 0.2) is 75.0 Å². The second kappa shape index (κ2) is 18.3. The number of carbonyl (C=O) groups is 2. The van der Waals surface area contributed by atoms with Gasteiger partial charge >= 0.3 is 0 Å². The van der Waals surface area contributed by atoms with Crippen LogP contribution in [0.4, 0.5) is 4.39 Å². The summed E-state index contributed by atoms with van der Waals surface area (Å²) in [6.07, 6.45) is 4.33. The molecular weight excluding hydrogens is 722 g/mol. The number of furan rings is 1. The van der Waals surface area contributed by atoms with Gasteiger partial charge in [-0.1, -0.05) is 24.3 Å². The SMILES string of the molecule is CCN(CCCS(=O)(=O)c1ccc(CNC(=O)c2cc(/C=C\N)c(CCC(C)(F)CN3CCC(S(=O)(=O)c4ccc(CN)cc4)CC3)o2)cc1)C(C)=O. The summed E-state index contributed by atoms with van der Waals surface area (Å²) in [5, 5.41) is 2.24. The Bertz CT molecular complexity index is 1940. The van der Waals surface area contributed by atoms with Gasteiger partial charge in [-0.3, -0.25) is 9.59 Å². The minimum Gasteiger partial charge on any atom is -0.455 e. The van der Waals surface area contributed by atoms with Gasteiger partial charge in [0.15, 0.2) is 25.4 Å². The molecule has 290 valence electrons. The fraction of sp³-hybridized carbons (Fsp3) is 0.474. The minimum atomic E-state index is -3.54.